The molecular formula is C23H30N6O. The van der Waals surface area contributed by atoms with Crippen LogP contribution in [0.25, 0.3) is 0 Å². The number of hydrazine groups is 1. The molecule has 7 nitrogen and oxygen atoms in total. The molecule has 158 valence electrons. The topological polar surface area (TPSA) is 85.2 Å². The molecule has 0 spiro atoms. The number of aryl methyl sites for hydroxylation is 1. The predicted octanol–water partition coefficient (Wildman–Crippen LogP) is 3.10. The van der Waals surface area contributed by atoms with E-state index in [4.69, 9.17) is 0 Å². The van der Waals surface area contributed by atoms with Gasteiger partial charge in [-0.15, -0.1) is 0 Å². The van der Waals surface area contributed by atoms with E-state index in [1.54, 1.807) is 5.01 Å². The van der Waals surface area contributed by atoms with Crippen molar-refractivity contribution in [2.45, 2.75) is 46.6 Å². The molecule has 7 heteroatoms. The van der Waals surface area contributed by atoms with Crippen LogP contribution >= 0.6 is 0 Å². The zero-order valence-corrected chi connectivity index (χ0v) is 18.5. The number of rotatable bonds is 6. The zero-order valence-electron chi connectivity index (χ0n) is 18.5. The summed E-state index contributed by atoms with van der Waals surface area (Å²) >= 11 is 0. The van der Waals surface area contributed by atoms with Gasteiger partial charge in [0.2, 0.25) is 5.82 Å². The second-order valence-corrected chi connectivity index (χ2v) is 9.28. The van der Waals surface area contributed by atoms with Gasteiger partial charge in [-0.25, -0.2) is 4.98 Å². The number of carbonyl (C=O) groups excluding carboxylic acids is 1. The normalized spacial score (nSPS) is 13.1. The van der Waals surface area contributed by atoms with Gasteiger partial charge in [0.1, 0.15) is 6.07 Å². The van der Waals surface area contributed by atoms with Crippen molar-refractivity contribution >= 4 is 11.7 Å². The maximum absolute atomic E-state index is 13.0. The van der Waals surface area contributed by atoms with E-state index in [2.05, 4.69) is 47.1 Å². The van der Waals surface area contributed by atoms with Crippen molar-refractivity contribution in [2.24, 2.45) is 5.41 Å². The third-order valence-electron chi connectivity index (χ3n) is 4.85. The van der Waals surface area contributed by atoms with Gasteiger partial charge in [0.15, 0.2) is 5.82 Å². The number of hydrogen-bond acceptors (Lipinski definition) is 6. The Morgan fingerprint density at radius 3 is 2.47 bits per heavy atom. The van der Waals surface area contributed by atoms with Gasteiger partial charge in [-0.1, -0.05) is 32.9 Å². The van der Waals surface area contributed by atoms with Gasteiger partial charge in [0, 0.05) is 24.2 Å². The van der Waals surface area contributed by atoms with Gasteiger partial charge in [-0.2, -0.15) is 10.2 Å². The monoisotopic (exact) mass is 406 g/mol. The molecule has 1 amide bonds. The first-order valence-electron chi connectivity index (χ1n) is 10.3. The van der Waals surface area contributed by atoms with Gasteiger partial charge in [-0.05, 0) is 56.5 Å². The summed E-state index contributed by atoms with van der Waals surface area (Å²) in [5.41, 5.74) is 6.62. The summed E-state index contributed by atoms with van der Waals surface area (Å²) in [6.07, 6.45) is 2.67. The van der Waals surface area contributed by atoms with E-state index >= 15 is 0 Å². The van der Waals surface area contributed by atoms with E-state index in [9.17, 15) is 10.1 Å². The average molecular weight is 407 g/mol. The molecule has 1 heterocycles. The SMILES string of the molecule is CN(C)Cc1ccc(C(=O)NN(CC(C)(C)C)c2nc(C#N)nc3c2CCC3)cc1. The van der Waals surface area contributed by atoms with Crippen LogP contribution in [0.2, 0.25) is 0 Å². The third-order valence-corrected chi connectivity index (χ3v) is 4.85. The van der Waals surface area contributed by atoms with Gasteiger partial charge in [-0.3, -0.25) is 15.2 Å². The fourth-order valence-electron chi connectivity index (χ4n) is 3.64. The predicted molar refractivity (Wildman–Crippen MR) is 117 cm³/mol. The van der Waals surface area contributed by atoms with E-state index in [1.807, 2.05) is 38.4 Å². The number of hydrogen-bond donors (Lipinski definition) is 1. The molecule has 0 bridgehead atoms. The summed E-state index contributed by atoms with van der Waals surface area (Å²) in [4.78, 5) is 24.0. The Labute approximate surface area is 178 Å². The first-order chi connectivity index (χ1) is 14.2. The Kier molecular flexibility index (Phi) is 6.37. The van der Waals surface area contributed by atoms with Gasteiger partial charge >= 0.3 is 0 Å². The molecule has 0 unspecified atom stereocenters. The number of amides is 1. The van der Waals surface area contributed by atoms with E-state index < -0.39 is 0 Å². The van der Waals surface area contributed by atoms with Crippen molar-refractivity contribution in [1.82, 2.24) is 20.3 Å². The van der Waals surface area contributed by atoms with Gasteiger partial charge in [0.25, 0.3) is 5.91 Å². The molecule has 0 fully saturated rings. The van der Waals surface area contributed by atoms with Gasteiger partial charge in [0.05, 0.1) is 5.69 Å². The maximum Gasteiger partial charge on any atom is 0.269 e. The van der Waals surface area contributed by atoms with Crippen molar-refractivity contribution < 1.29 is 4.79 Å². The minimum absolute atomic E-state index is 0.0912. The van der Waals surface area contributed by atoms with Crippen LogP contribution in [-0.4, -0.2) is 41.4 Å². The molecule has 1 aromatic carbocycles. The van der Waals surface area contributed by atoms with Crippen molar-refractivity contribution in [3.8, 4) is 6.07 Å². The number of nitriles is 1. The standard InChI is InChI=1S/C23H30N6O/c1-23(2,3)15-29(21-18-7-6-8-19(18)25-20(13-24)26-21)27-22(30)17-11-9-16(10-12-17)14-28(4)5/h9-12H,6-8,14-15H2,1-5H3,(H,27,30). The van der Waals surface area contributed by atoms with Crippen LogP contribution in [0.4, 0.5) is 5.82 Å². The van der Waals surface area contributed by atoms with E-state index in [1.165, 1.54) is 0 Å². The molecule has 0 saturated carbocycles. The molecule has 1 aliphatic carbocycles. The molecule has 1 aromatic heterocycles. The summed E-state index contributed by atoms with van der Waals surface area (Å²) < 4.78 is 0. The summed E-state index contributed by atoms with van der Waals surface area (Å²) in [6.45, 7) is 7.70. The summed E-state index contributed by atoms with van der Waals surface area (Å²) in [6, 6.07) is 9.68. The van der Waals surface area contributed by atoms with Gasteiger partial charge < -0.3 is 4.90 Å². The number of aromatic nitrogens is 2. The Morgan fingerprint density at radius 2 is 1.87 bits per heavy atom. The smallest absolute Gasteiger partial charge is 0.269 e. The van der Waals surface area contributed by atoms with Crippen LogP contribution in [0, 0.1) is 16.7 Å². The number of nitrogens with zero attached hydrogens (tertiary/aromatic N) is 5. The number of anilines is 1. The number of fused-ring (bicyclic) bond motifs is 1. The highest BCUT2D eigenvalue weighted by atomic mass is 16.2. The quantitative estimate of drug-likeness (QED) is 0.742. The lowest BCUT2D eigenvalue weighted by Gasteiger charge is -2.32. The Bertz CT molecular complexity index is 953. The molecular weight excluding hydrogens is 376 g/mol. The number of carbonyl (C=O) groups is 1. The summed E-state index contributed by atoms with van der Waals surface area (Å²) in [5.74, 6) is 0.591. The fraction of sp³-hybridized carbons (Fsp3) is 0.478. The molecule has 0 saturated heterocycles. The second kappa shape index (κ2) is 8.80. The van der Waals surface area contributed by atoms with Crippen LogP contribution in [0.15, 0.2) is 24.3 Å². The lowest BCUT2D eigenvalue weighted by atomic mass is 9.96. The molecule has 1 N–H and O–H groups in total. The van der Waals surface area contributed by atoms with E-state index in [0.717, 1.165) is 42.6 Å². The minimum atomic E-state index is -0.195. The van der Waals surface area contributed by atoms with E-state index in [0.29, 0.717) is 17.9 Å². The highest BCUT2D eigenvalue weighted by Gasteiger charge is 2.27. The molecule has 0 atom stereocenters. The fourth-order valence-corrected chi connectivity index (χ4v) is 3.64. The van der Waals surface area contributed by atoms with Crippen molar-refractivity contribution in [3.63, 3.8) is 0 Å². The zero-order chi connectivity index (χ0) is 21.9. The minimum Gasteiger partial charge on any atom is -0.305 e. The Hall–Kier alpha value is -2.98. The largest absolute Gasteiger partial charge is 0.305 e. The Morgan fingerprint density at radius 1 is 1.17 bits per heavy atom. The second-order valence-electron chi connectivity index (χ2n) is 9.28. The first-order valence-corrected chi connectivity index (χ1v) is 10.3. The number of nitrogens with one attached hydrogen (secondary N) is 1. The van der Waals surface area contributed by atoms with Crippen LogP contribution < -0.4 is 10.4 Å². The molecule has 0 aliphatic heterocycles. The molecule has 0 radical (unpaired) electrons. The molecule has 2 aromatic rings. The van der Waals surface area contributed by atoms with E-state index in [-0.39, 0.29) is 17.1 Å². The first kappa shape index (κ1) is 21.7. The highest BCUT2D eigenvalue weighted by molar-refractivity contribution is 5.95. The molecule has 30 heavy (non-hydrogen) atoms. The van der Waals surface area contributed by atoms with Crippen LogP contribution in [0.3, 0.4) is 0 Å². The number of benzene rings is 1. The van der Waals surface area contributed by atoms with Crippen molar-refractivity contribution in [3.05, 3.63) is 52.5 Å². The van der Waals surface area contributed by atoms with Crippen molar-refractivity contribution in [2.75, 3.05) is 25.6 Å². The molecule has 3 rings (SSSR count). The van der Waals surface area contributed by atoms with Crippen LogP contribution in [0.5, 0.6) is 0 Å². The molecule has 1 aliphatic rings. The maximum atomic E-state index is 13.0. The highest BCUT2D eigenvalue weighted by Crippen LogP contribution is 2.30. The Balaban J connectivity index is 1.90. The van der Waals surface area contributed by atoms with Crippen LogP contribution in [-0.2, 0) is 19.4 Å². The average Bonchev–Trinajstić information content (AvgIpc) is 3.14. The summed E-state index contributed by atoms with van der Waals surface area (Å²) in [5, 5.41) is 11.2. The van der Waals surface area contributed by atoms with Crippen molar-refractivity contribution in [1.29, 1.82) is 5.26 Å². The third kappa shape index (κ3) is 5.33. The lowest BCUT2D eigenvalue weighted by Crippen LogP contribution is -2.47. The lowest BCUT2D eigenvalue weighted by molar-refractivity contribution is 0.0945. The summed E-state index contributed by atoms with van der Waals surface area (Å²) in [7, 11) is 4.03. The van der Waals surface area contributed by atoms with Crippen LogP contribution in [0.1, 0.15) is 60.2 Å².